The molecule has 0 unspecified atom stereocenters. The van der Waals surface area contributed by atoms with Crippen LogP contribution in [0.2, 0.25) is 0 Å². The third kappa shape index (κ3) is 2.15. The Morgan fingerprint density at radius 2 is 1.83 bits per heavy atom. The van der Waals surface area contributed by atoms with Crippen LogP contribution in [0.3, 0.4) is 0 Å². The number of hydrogen-bond acceptors (Lipinski definition) is 3. The molecule has 4 nitrogen and oxygen atoms in total. The smallest absolute Gasteiger partial charge is 0.426 e. The third-order valence-corrected chi connectivity index (χ3v) is 2.40. The van der Waals surface area contributed by atoms with Gasteiger partial charge in [-0.15, -0.1) is 0 Å². The molecule has 1 aromatic rings. The van der Waals surface area contributed by atoms with Crippen LogP contribution >= 0.6 is 0 Å². The summed E-state index contributed by atoms with van der Waals surface area (Å²) in [7, 11) is 0.818. The van der Waals surface area contributed by atoms with E-state index in [1.54, 1.807) is 0 Å². The standard InChI is InChI=1S/C11H10F3NO3/c1-18-9(17)10(15-7-16,11(12,13)14)8-5-3-2-4-6-8/h2-7H,1H3,(H,15,16)/t10-/m0/s1. The van der Waals surface area contributed by atoms with Gasteiger partial charge in [0.25, 0.3) is 5.54 Å². The number of ether oxygens (including phenoxy) is 1. The topological polar surface area (TPSA) is 55.4 Å². The Hall–Kier alpha value is -2.05. The molecular weight excluding hydrogens is 251 g/mol. The highest BCUT2D eigenvalue weighted by molar-refractivity contribution is 5.86. The van der Waals surface area contributed by atoms with E-state index in [2.05, 4.69) is 4.74 Å². The number of esters is 1. The SMILES string of the molecule is COC(=O)[C@@](NC=O)(c1ccccc1)C(F)(F)F. The number of benzene rings is 1. The highest BCUT2D eigenvalue weighted by Gasteiger charge is 2.63. The van der Waals surface area contributed by atoms with E-state index < -0.39 is 23.2 Å². The Morgan fingerprint density at radius 1 is 1.28 bits per heavy atom. The zero-order valence-corrected chi connectivity index (χ0v) is 9.32. The van der Waals surface area contributed by atoms with Gasteiger partial charge in [-0.1, -0.05) is 30.3 Å². The van der Waals surface area contributed by atoms with Crippen LogP contribution in [0.25, 0.3) is 0 Å². The molecule has 1 amide bonds. The molecule has 0 bridgehead atoms. The van der Waals surface area contributed by atoms with Crippen molar-refractivity contribution in [3.8, 4) is 0 Å². The highest BCUT2D eigenvalue weighted by atomic mass is 19.4. The summed E-state index contributed by atoms with van der Waals surface area (Å²) in [6, 6.07) is 6.31. The van der Waals surface area contributed by atoms with E-state index in [1.807, 2.05) is 0 Å². The van der Waals surface area contributed by atoms with Gasteiger partial charge in [0, 0.05) is 0 Å². The Kier molecular flexibility index (Phi) is 3.95. The van der Waals surface area contributed by atoms with Crippen molar-refractivity contribution in [1.29, 1.82) is 0 Å². The Labute approximate surface area is 101 Å². The number of methoxy groups -OCH3 is 1. The van der Waals surface area contributed by atoms with Crippen molar-refractivity contribution < 1.29 is 27.5 Å². The van der Waals surface area contributed by atoms with E-state index in [-0.39, 0.29) is 6.41 Å². The van der Waals surface area contributed by atoms with E-state index in [0.29, 0.717) is 0 Å². The third-order valence-electron chi connectivity index (χ3n) is 2.40. The van der Waals surface area contributed by atoms with Crippen molar-refractivity contribution in [2.75, 3.05) is 7.11 Å². The lowest BCUT2D eigenvalue weighted by molar-refractivity contribution is -0.214. The average molecular weight is 261 g/mol. The number of carbonyl (C=O) groups excluding carboxylic acids is 2. The molecule has 7 heteroatoms. The first-order chi connectivity index (χ1) is 8.40. The summed E-state index contributed by atoms with van der Waals surface area (Å²) in [6.07, 6.45) is -5.21. The summed E-state index contributed by atoms with van der Waals surface area (Å²) >= 11 is 0. The zero-order valence-electron chi connectivity index (χ0n) is 9.32. The van der Waals surface area contributed by atoms with Gasteiger partial charge in [0.2, 0.25) is 6.41 Å². The first-order valence-corrected chi connectivity index (χ1v) is 4.82. The number of nitrogens with one attached hydrogen (secondary N) is 1. The number of carbonyl (C=O) groups is 2. The van der Waals surface area contributed by atoms with E-state index in [4.69, 9.17) is 0 Å². The van der Waals surface area contributed by atoms with Gasteiger partial charge in [-0.3, -0.25) is 4.79 Å². The lowest BCUT2D eigenvalue weighted by Crippen LogP contribution is -2.59. The minimum absolute atomic E-state index is 0.183. The van der Waals surface area contributed by atoms with Crippen LogP contribution in [0.1, 0.15) is 5.56 Å². The van der Waals surface area contributed by atoms with Crippen LogP contribution in [-0.4, -0.2) is 25.7 Å². The summed E-state index contributed by atoms with van der Waals surface area (Å²) in [5.41, 5.74) is -3.61. The van der Waals surface area contributed by atoms with E-state index in [9.17, 15) is 22.8 Å². The maximum atomic E-state index is 13.2. The summed E-state index contributed by atoms with van der Waals surface area (Å²) in [4.78, 5) is 21.9. The zero-order chi connectivity index (χ0) is 13.8. The van der Waals surface area contributed by atoms with Gasteiger partial charge in [0.15, 0.2) is 0 Å². The average Bonchev–Trinajstić information content (AvgIpc) is 2.34. The molecule has 0 saturated heterocycles. The second-order valence-corrected chi connectivity index (χ2v) is 3.37. The molecule has 1 N–H and O–H groups in total. The minimum Gasteiger partial charge on any atom is -0.467 e. The molecule has 0 aliphatic carbocycles. The number of hydrogen-bond donors (Lipinski definition) is 1. The first kappa shape index (κ1) is 14.0. The van der Waals surface area contributed by atoms with Crippen molar-refractivity contribution in [3.05, 3.63) is 35.9 Å². The Bertz CT molecular complexity index is 433. The second-order valence-electron chi connectivity index (χ2n) is 3.37. The molecule has 0 aliphatic heterocycles. The summed E-state index contributed by atoms with van der Waals surface area (Å²) in [5, 5.41) is 1.52. The minimum atomic E-state index is -5.03. The van der Waals surface area contributed by atoms with Gasteiger partial charge in [-0.05, 0) is 5.56 Å². The van der Waals surface area contributed by atoms with Gasteiger partial charge in [0.05, 0.1) is 7.11 Å². The fourth-order valence-corrected chi connectivity index (χ4v) is 1.55. The molecule has 0 radical (unpaired) electrons. The molecule has 0 fully saturated rings. The largest absolute Gasteiger partial charge is 0.467 e. The Balaban J connectivity index is 3.49. The lowest BCUT2D eigenvalue weighted by Gasteiger charge is -2.32. The fourth-order valence-electron chi connectivity index (χ4n) is 1.55. The molecule has 1 atom stereocenters. The first-order valence-electron chi connectivity index (χ1n) is 4.82. The van der Waals surface area contributed by atoms with Crippen molar-refractivity contribution in [2.24, 2.45) is 0 Å². The number of halogens is 3. The maximum Gasteiger partial charge on any atom is 0.426 e. The van der Waals surface area contributed by atoms with Crippen LogP contribution in [0.15, 0.2) is 30.3 Å². The normalized spacial score (nSPS) is 14.4. The van der Waals surface area contributed by atoms with Crippen LogP contribution in [0.5, 0.6) is 0 Å². The van der Waals surface area contributed by atoms with E-state index in [1.165, 1.54) is 23.5 Å². The van der Waals surface area contributed by atoms with Gasteiger partial charge in [-0.2, -0.15) is 13.2 Å². The summed E-state index contributed by atoms with van der Waals surface area (Å²) < 4.78 is 43.7. The van der Waals surface area contributed by atoms with Crippen molar-refractivity contribution in [2.45, 2.75) is 11.7 Å². The van der Waals surface area contributed by atoms with E-state index in [0.717, 1.165) is 19.2 Å². The predicted molar refractivity (Wildman–Crippen MR) is 55.4 cm³/mol. The van der Waals surface area contributed by atoms with Gasteiger partial charge in [0.1, 0.15) is 0 Å². The molecule has 0 aliphatic rings. The van der Waals surface area contributed by atoms with Gasteiger partial charge < -0.3 is 10.1 Å². The number of rotatable bonds is 4. The molecule has 0 heterocycles. The molecule has 0 saturated carbocycles. The molecule has 1 aromatic carbocycles. The van der Waals surface area contributed by atoms with Crippen LogP contribution in [0, 0.1) is 0 Å². The van der Waals surface area contributed by atoms with Crippen LogP contribution < -0.4 is 5.32 Å². The monoisotopic (exact) mass is 261 g/mol. The number of alkyl halides is 3. The maximum absolute atomic E-state index is 13.2. The van der Waals surface area contributed by atoms with Gasteiger partial charge >= 0.3 is 12.1 Å². The van der Waals surface area contributed by atoms with Crippen LogP contribution in [-0.2, 0) is 19.9 Å². The van der Waals surface area contributed by atoms with Crippen molar-refractivity contribution >= 4 is 12.4 Å². The molecular formula is C11H10F3NO3. The Morgan fingerprint density at radius 3 is 2.22 bits per heavy atom. The molecule has 98 valence electrons. The highest BCUT2D eigenvalue weighted by Crippen LogP contribution is 2.39. The molecule has 1 rings (SSSR count). The second kappa shape index (κ2) is 5.07. The molecule has 18 heavy (non-hydrogen) atoms. The van der Waals surface area contributed by atoms with E-state index >= 15 is 0 Å². The number of amides is 1. The fraction of sp³-hybridized carbons (Fsp3) is 0.273. The summed E-state index contributed by atoms with van der Waals surface area (Å²) in [6.45, 7) is 0. The van der Waals surface area contributed by atoms with Gasteiger partial charge in [-0.25, -0.2) is 4.79 Å². The molecule has 0 spiro atoms. The summed E-state index contributed by atoms with van der Waals surface area (Å²) in [5.74, 6) is -1.60. The lowest BCUT2D eigenvalue weighted by atomic mass is 9.89. The van der Waals surface area contributed by atoms with Crippen molar-refractivity contribution in [3.63, 3.8) is 0 Å². The predicted octanol–water partition coefficient (Wildman–Crippen LogP) is 1.36. The van der Waals surface area contributed by atoms with Crippen molar-refractivity contribution in [1.82, 2.24) is 5.32 Å². The molecule has 0 aromatic heterocycles. The van der Waals surface area contributed by atoms with Crippen LogP contribution in [0.4, 0.5) is 13.2 Å². The quantitative estimate of drug-likeness (QED) is 0.657.